The van der Waals surface area contributed by atoms with Crippen LogP contribution in [0.5, 0.6) is 0 Å². The molecule has 1 heterocycles. The summed E-state index contributed by atoms with van der Waals surface area (Å²) in [4.78, 5) is 1.82. The number of rotatable bonds is 6. The lowest BCUT2D eigenvalue weighted by atomic mass is 9.89. The van der Waals surface area contributed by atoms with Gasteiger partial charge in [-0.3, -0.25) is 4.90 Å². The molecular weight excluding hydrogens is 536 g/mol. The summed E-state index contributed by atoms with van der Waals surface area (Å²) in [5, 5.41) is 9.52. The first-order valence-electron chi connectivity index (χ1n) is 11.0. The Morgan fingerprint density at radius 1 is 0.838 bits per heavy atom. The molecule has 0 amide bonds. The molecule has 0 aliphatic carbocycles. The number of alkyl halides is 6. The molecule has 1 saturated heterocycles. The van der Waals surface area contributed by atoms with Crippen LogP contribution in [0, 0.1) is 11.6 Å². The van der Waals surface area contributed by atoms with E-state index in [1.807, 2.05) is 4.90 Å². The van der Waals surface area contributed by atoms with Gasteiger partial charge in [0, 0.05) is 49.4 Å². The molecule has 37 heavy (non-hydrogen) atoms. The highest BCUT2D eigenvalue weighted by atomic mass is 32.2. The molecule has 14 heteroatoms. The summed E-state index contributed by atoms with van der Waals surface area (Å²) < 4.78 is 133. The van der Waals surface area contributed by atoms with Gasteiger partial charge in [0.1, 0.15) is 11.6 Å². The third kappa shape index (κ3) is 5.76. The summed E-state index contributed by atoms with van der Waals surface area (Å²) in [5.41, 5.74) is -6.93. The number of aryl methyl sites for hydroxylation is 1. The third-order valence-corrected chi connectivity index (χ3v) is 7.65. The van der Waals surface area contributed by atoms with Crippen LogP contribution in [-0.4, -0.2) is 67.5 Å². The second-order valence-corrected chi connectivity index (χ2v) is 10.8. The number of hydrogen-bond acceptors (Lipinski definition) is 4. The molecule has 2 aromatic rings. The van der Waals surface area contributed by atoms with E-state index in [4.69, 9.17) is 0 Å². The van der Waals surface area contributed by atoms with Crippen molar-refractivity contribution >= 4 is 10.0 Å². The minimum Gasteiger partial charge on any atom is -0.369 e. The molecule has 0 aromatic heterocycles. The maximum atomic E-state index is 15.0. The number of benzene rings is 2. The van der Waals surface area contributed by atoms with Crippen LogP contribution >= 0.6 is 0 Å². The largest absolute Gasteiger partial charge is 0.430 e. The average Bonchev–Trinajstić information content (AvgIpc) is 2.78. The molecule has 3 rings (SSSR count). The first kappa shape index (κ1) is 29.3. The van der Waals surface area contributed by atoms with Crippen LogP contribution < -0.4 is 0 Å². The van der Waals surface area contributed by atoms with Gasteiger partial charge in [-0.25, -0.2) is 17.2 Å². The van der Waals surface area contributed by atoms with E-state index in [9.17, 15) is 48.6 Å². The van der Waals surface area contributed by atoms with Gasteiger partial charge in [-0.05, 0) is 29.7 Å². The Kier molecular flexibility index (Phi) is 8.00. The lowest BCUT2D eigenvalue weighted by Gasteiger charge is -2.33. The molecule has 0 bridgehead atoms. The van der Waals surface area contributed by atoms with E-state index in [2.05, 4.69) is 0 Å². The van der Waals surface area contributed by atoms with Gasteiger partial charge >= 0.3 is 12.4 Å². The van der Waals surface area contributed by atoms with Crippen molar-refractivity contribution in [2.45, 2.75) is 37.8 Å². The molecular formula is C23H24F8N2O3S. The molecule has 0 spiro atoms. The number of aliphatic hydroxyl groups is 1. The van der Waals surface area contributed by atoms with Crippen LogP contribution in [0.4, 0.5) is 35.1 Å². The molecule has 206 valence electrons. The molecule has 1 N–H and O–H groups in total. The van der Waals surface area contributed by atoms with E-state index in [-0.39, 0.29) is 43.2 Å². The zero-order chi connectivity index (χ0) is 28.0. The van der Waals surface area contributed by atoms with Gasteiger partial charge in [-0.1, -0.05) is 25.1 Å². The number of hydrogen-bond donors (Lipinski definition) is 1. The van der Waals surface area contributed by atoms with E-state index in [0.717, 1.165) is 12.3 Å². The SMILES string of the molecule is CCc1cc(CN2CCN(S(C)(=O)=O)CC2)c(F)cc1-c1ccc(C(O)(C(F)(F)F)C(F)(F)F)cc1F. The van der Waals surface area contributed by atoms with Crippen LogP contribution in [0.3, 0.4) is 0 Å². The highest BCUT2D eigenvalue weighted by Crippen LogP contribution is 2.50. The van der Waals surface area contributed by atoms with Gasteiger partial charge in [0.25, 0.3) is 5.60 Å². The summed E-state index contributed by atoms with van der Waals surface area (Å²) in [6.07, 6.45) is -11.0. The van der Waals surface area contributed by atoms with Crippen molar-refractivity contribution in [3.63, 3.8) is 0 Å². The maximum absolute atomic E-state index is 15.0. The van der Waals surface area contributed by atoms with E-state index in [0.29, 0.717) is 30.8 Å². The molecule has 0 saturated carbocycles. The summed E-state index contributed by atoms with van der Waals surface area (Å²) in [6.45, 7) is 2.89. The van der Waals surface area contributed by atoms with Crippen molar-refractivity contribution < 1.29 is 48.6 Å². The van der Waals surface area contributed by atoms with Crippen molar-refractivity contribution in [2.24, 2.45) is 0 Å². The van der Waals surface area contributed by atoms with Crippen LogP contribution in [0.1, 0.15) is 23.6 Å². The zero-order valence-electron chi connectivity index (χ0n) is 19.7. The Balaban J connectivity index is 1.93. The fourth-order valence-electron chi connectivity index (χ4n) is 4.24. The van der Waals surface area contributed by atoms with Crippen LogP contribution in [-0.2, 0) is 28.6 Å². The van der Waals surface area contributed by atoms with E-state index < -0.39 is 50.7 Å². The monoisotopic (exact) mass is 560 g/mol. The van der Waals surface area contributed by atoms with Crippen LogP contribution in [0.2, 0.25) is 0 Å². The molecule has 1 aliphatic heterocycles. The molecule has 0 atom stereocenters. The van der Waals surface area contributed by atoms with Crippen molar-refractivity contribution in [1.82, 2.24) is 9.21 Å². The fraction of sp³-hybridized carbons (Fsp3) is 0.478. The number of piperazine rings is 1. The Morgan fingerprint density at radius 3 is 1.86 bits per heavy atom. The van der Waals surface area contributed by atoms with E-state index >= 15 is 0 Å². The van der Waals surface area contributed by atoms with Crippen molar-refractivity contribution in [3.05, 3.63) is 58.7 Å². The minimum absolute atomic E-state index is 0.0527. The normalized spacial score (nSPS) is 16.8. The van der Waals surface area contributed by atoms with Gasteiger partial charge < -0.3 is 5.11 Å². The quantitative estimate of drug-likeness (QED) is 0.526. The Hall–Kier alpha value is -2.29. The molecule has 1 fully saturated rings. The molecule has 0 radical (unpaired) electrons. The lowest BCUT2D eigenvalue weighted by Crippen LogP contribution is -2.53. The highest BCUT2D eigenvalue weighted by molar-refractivity contribution is 7.88. The summed E-state index contributed by atoms with van der Waals surface area (Å²) >= 11 is 0. The fourth-order valence-corrected chi connectivity index (χ4v) is 5.07. The van der Waals surface area contributed by atoms with E-state index in [1.54, 1.807) is 6.92 Å². The van der Waals surface area contributed by atoms with Gasteiger partial charge in [0.15, 0.2) is 0 Å². The second-order valence-electron chi connectivity index (χ2n) is 8.79. The first-order valence-corrected chi connectivity index (χ1v) is 12.9. The topological polar surface area (TPSA) is 60.9 Å². The maximum Gasteiger partial charge on any atom is 0.430 e. The van der Waals surface area contributed by atoms with Crippen LogP contribution in [0.25, 0.3) is 11.1 Å². The summed E-state index contributed by atoms with van der Waals surface area (Å²) in [5.74, 6) is -2.27. The Bertz CT molecular complexity index is 1240. The van der Waals surface area contributed by atoms with Gasteiger partial charge in [-0.15, -0.1) is 0 Å². The van der Waals surface area contributed by atoms with Crippen LogP contribution in [0.15, 0.2) is 30.3 Å². The molecule has 1 aliphatic rings. The van der Waals surface area contributed by atoms with Gasteiger partial charge in [0.2, 0.25) is 10.0 Å². The standard InChI is InChI=1S/C23H24F8N2O3S/c1-3-14-10-15(13-32-6-8-33(9-7-32)37(2,35)36)19(24)12-18(14)17-5-4-16(11-20(17)25)21(34,22(26,27)28)23(29,30)31/h4-5,10-12,34H,3,6-9,13H2,1-2H3. The second kappa shape index (κ2) is 10.1. The highest BCUT2D eigenvalue weighted by Gasteiger charge is 2.71. The van der Waals surface area contributed by atoms with Gasteiger partial charge in [0.05, 0.1) is 6.26 Å². The molecule has 0 unspecified atom stereocenters. The number of nitrogens with zero attached hydrogens (tertiary/aromatic N) is 2. The predicted octanol–water partition coefficient (Wildman–Crippen LogP) is 4.58. The third-order valence-electron chi connectivity index (χ3n) is 6.34. The van der Waals surface area contributed by atoms with Crippen molar-refractivity contribution in [2.75, 3.05) is 32.4 Å². The molecule has 2 aromatic carbocycles. The predicted molar refractivity (Wildman–Crippen MR) is 119 cm³/mol. The Labute approximate surface area is 208 Å². The zero-order valence-corrected chi connectivity index (χ0v) is 20.5. The number of sulfonamides is 1. The Morgan fingerprint density at radius 2 is 1.41 bits per heavy atom. The summed E-state index contributed by atoms with van der Waals surface area (Å²) in [7, 11) is -3.35. The summed E-state index contributed by atoms with van der Waals surface area (Å²) in [6, 6.07) is 3.29. The minimum atomic E-state index is -6.17. The number of halogens is 8. The van der Waals surface area contributed by atoms with Crippen molar-refractivity contribution in [1.29, 1.82) is 0 Å². The lowest BCUT2D eigenvalue weighted by molar-refractivity contribution is -0.376. The first-order chi connectivity index (χ1) is 16.9. The molecule has 5 nitrogen and oxygen atoms in total. The average molecular weight is 561 g/mol. The van der Waals surface area contributed by atoms with Gasteiger partial charge in [-0.2, -0.15) is 30.6 Å². The smallest absolute Gasteiger partial charge is 0.369 e. The van der Waals surface area contributed by atoms with Crippen molar-refractivity contribution in [3.8, 4) is 11.1 Å². The van der Waals surface area contributed by atoms with E-state index in [1.165, 1.54) is 10.4 Å².